The SMILES string of the molecule is CNCc1nc2ccccc2n1CCO. The zero-order valence-corrected chi connectivity index (χ0v) is 8.77. The lowest BCUT2D eigenvalue weighted by molar-refractivity contribution is 0.276. The maximum absolute atomic E-state index is 9.02. The van der Waals surface area contributed by atoms with Crippen molar-refractivity contribution in [1.82, 2.24) is 14.9 Å². The molecule has 0 saturated carbocycles. The third-order valence-electron chi connectivity index (χ3n) is 2.39. The van der Waals surface area contributed by atoms with Crippen LogP contribution in [0.25, 0.3) is 11.0 Å². The number of fused-ring (bicyclic) bond motifs is 1. The molecular weight excluding hydrogens is 190 g/mol. The molecule has 0 aliphatic rings. The van der Waals surface area contributed by atoms with Gasteiger partial charge in [-0.3, -0.25) is 0 Å². The number of aromatic nitrogens is 2. The summed E-state index contributed by atoms with van der Waals surface area (Å²) in [4.78, 5) is 4.51. The second kappa shape index (κ2) is 4.42. The highest BCUT2D eigenvalue weighted by molar-refractivity contribution is 5.75. The van der Waals surface area contributed by atoms with Gasteiger partial charge in [0.25, 0.3) is 0 Å². The maximum atomic E-state index is 9.02. The lowest BCUT2D eigenvalue weighted by atomic mass is 10.3. The number of para-hydroxylation sites is 2. The summed E-state index contributed by atoms with van der Waals surface area (Å²) >= 11 is 0. The van der Waals surface area contributed by atoms with Gasteiger partial charge in [-0.25, -0.2) is 4.98 Å². The van der Waals surface area contributed by atoms with Crippen molar-refractivity contribution < 1.29 is 5.11 Å². The fourth-order valence-electron chi connectivity index (χ4n) is 1.77. The first-order valence-electron chi connectivity index (χ1n) is 5.06. The van der Waals surface area contributed by atoms with E-state index in [9.17, 15) is 0 Å². The van der Waals surface area contributed by atoms with Crippen molar-refractivity contribution in [3.05, 3.63) is 30.1 Å². The maximum Gasteiger partial charge on any atom is 0.123 e. The van der Waals surface area contributed by atoms with E-state index < -0.39 is 0 Å². The van der Waals surface area contributed by atoms with E-state index in [0.29, 0.717) is 13.1 Å². The highest BCUT2D eigenvalue weighted by atomic mass is 16.3. The highest BCUT2D eigenvalue weighted by Crippen LogP contribution is 2.15. The molecule has 0 unspecified atom stereocenters. The molecule has 4 nitrogen and oxygen atoms in total. The predicted octanol–water partition coefficient (Wildman–Crippen LogP) is 0.748. The van der Waals surface area contributed by atoms with Gasteiger partial charge in [-0.1, -0.05) is 12.1 Å². The van der Waals surface area contributed by atoms with Crippen LogP contribution in [0.4, 0.5) is 0 Å². The zero-order chi connectivity index (χ0) is 10.7. The Kier molecular flexibility index (Phi) is 2.99. The van der Waals surface area contributed by atoms with Crippen LogP contribution in [0.15, 0.2) is 24.3 Å². The fourth-order valence-corrected chi connectivity index (χ4v) is 1.77. The van der Waals surface area contributed by atoms with Gasteiger partial charge < -0.3 is 15.0 Å². The average Bonchev–Trinajstić information content (AvgIpc) is 2.59. The molecule has 4 heteroatoms. The largest absolute Gasteiger partial charge is 0.395 e. The van der Waals surface area contributed by atoms with Gasteiger partial charge in [-0.05, 0) is 19.2 Å². The number of imidazole rings is 1. The summed E-state index contributed by atoms with van der Waals surface area (Å²) in [6, 6.07) is 7.97. The number of aliphatic hydroxyl groups excluding tert-OH is 1. The van der Waals surface area contributed by atoms with Crippen LogP contribution in [0, 0.1) is 0 Å². The second-order valence-corrected chi connectivity index (χ2v) is 3.42. The average molecular weight is 205 g/mol. The highest BCUT2D eigenvalue weighted by Gasteiger charge is 2.08. The summed E-state index contributed by atoms with van der Waals surface area (Å²) in [5.41, 5.74) is 2.06. The summed E-state index contributed by atoms with van der Waals surface area (Å²) in [5.74, 6) is 0.966. The predicted molar refractivity (Wildman–Crippen MR) is 59.6 cm³/mol. The molecule has 0 aliphatic heterocycles. The molecule has 2 aromatic rings. The van der Waals surface area contributed by atoms with Gasteiger partial charge in [0.2, 0.25) is 0 Å². The van der Waals surface area contributed by atoms with E-state index in [-0.39, 0.29) is 6.61 Å². The Morgan fingerprint density at radius 1 is 1.40 bits per heavy atom. The minimum Gasteiger partial charge on any atom is -0.395 e. The van der Waals surface area contributed by atoms with E-state index in [1.165, 1.54) is 0 Å². The normalized spacial score (nSPS) is 11.1. The van der Waals surface area contributed by atoms with Crippen molar-refractivity contribution in [3.8, 4) is 0 Å². The molecular formula is C11H15N3O. The topological polar surface area (TPSA) is 50.1 Å². The fraction of sp³-hybridized carbons (Fsp3) is 0.364. The monoisotopic (exact) mass is 205 g/mol. The van der Waals surface area contributed by atoms with Crippen LogP contribution in [0.2, 0.25) is 0 Å². The first-order valence-corrected chi connectivity index (χ1v) is 5.06. The quantitative estimate of drug-likeness (QED) is 0.774. The van der Waals surface area contributed by atoms with Gasteiger partial charge in [0.05, 0.1) is 24.2 Å². The van der Waals surface area contributed by atoms with E-state index in [0.717, 1.165) is 16.9 Å². The van der Waals surface area contributed by atoms with E-state index in [2.05, 4.69) is 10.3 Å². The molecule has 2 rings (SSSR count). The Hall–Kier alpha value is -1.39. The standard InChI is InChI=1S/C11H15N3O/c1-12-8-11-13-9-4-2-3-5-10(9)14(11)6-7-15/h2-5,12,15H,6-8H2,1H3. The van der Waals surface area contributed by atoms with Crippen LogP contribution in [-0.4, -0.2) is 28.3 Å². The van der Waals surface area contributed by atoms with Crippen LogP contribution in [0.1, 0.15) is 5.82 Å². The van der Waals surface area contributed by atoms with Crippen molar-refractivity contribution in [1.29, 1.82) is 0 Å². The molecule has 0 fully saturated rings. The summed E-state index contributed by atoms with van der Waals surface area (Å²) in [6.07, 6.45) is 0. The molecule has 0 aliphatic carbocycles. The number of aliphatic hydroxyl groups is 1. The number of hydrogen-bond acceptors (Lipinski definition) is 3. The summed E-state index contributed by atoms with van der Waals surface area (Å²) < 4.78 is 2.05. The van der Waals surface area contributed by atoms with Crippen molar-refractivity contribution in [2.75, 3.05) is 13.7 Å². The van der Waals surface area contributed by atoms with Crippen LogP contribution in [0.5, 0.6) is 0 Å². The molecule has 1 aromatic carbocycles. The summed E-state index contributed by atoms with van der Waals surface area (Å²) in [7, 11) is 1.89. The smallest absolute Gasteiger partial charge is 0.123 e. The Balaban J connectivity index is 2.53. The van der Waals surface area contributed by atoms with Gasteiger partial charge in [0.1, 0.15) is 5.82 Å². The van der Waals surface area contributed by atoms with Crippen molar-refractivity contribution >= 4 is 11.0 Å². The lowest BCUT2D eigenvalue weighted by Gasteiger charge is -2.06. The second-order valence-electron chi connectivity index (χ2n) is 3.42. The van der Waals surface area contributed by atoms with Crippen molar-refractivity contribution in [3.63, 3.8) is 0 Å². The van der Waals surface area contributed by atoms with Crippen molar-refractivity contribution in [2.45, 2.75) is 13.1 Å². The summed E-state index contributed by atoms with van der Waals surface area (Å²) in [5, 5.41) is 12.1. The number of nitrogens with one attached hydrogen (secondary N) is 1. The minimum absolute atomic E-state index is 0.136. The van der Waals surface area contributed by atoms with Crippen molar-refractivity contribution in [2.24, 2.45) is 0 Å². The first kappa shape index (κ1) is 10.1. The van der Waals surface area contributed by atoms with Crippen LogP contribution >= 0.6 is 0 Å². The Morgan fingerprint density at radius 2 is 2.20 bits per heavy atom. The molecule has 80 valence electrons. The third kappa shape index (κ3) is 1.86. The number of hydrogen-bond donors (Lipinski definition) is 2. The third-order valence-corrected chi connectivity index (χ3v) is 2.39. The van der Waals surface area contributed by atoms with E-state index in [1.54, 1.807) is 0 Å². The Labute approximate surface area is 88.6 Å². The molecule has 0 saturated heterocycles. The van der Waals surface area contributed by atoms with Crippen LogP contribution in [0.3, 0.4) is 0 Å². The Bertz CT molecular complexity index is 450. The number of rotatable bonds is 4. The van der Waals surface area contributed by atoms with Gasteiger partial charge in [-0.15, -0.1) is 0 Å². The van der Waals surface area contributed by atoms with Gasteiger partial charge >= 0.3 is 0 Å². The molecule has 2 N–H and O–H groups in total. The molecule has 0 atom stereocenters. The van der Waals surface area contributed by atoms with E-state index >= 15 is 0 Å². The molecule has 15 heavy (non-hydrogen) atoms. The lowest BCUT2D eigenvalue weighted by Crippen LogP contribution is -2.13. The molecule has 0 spiro atoms. The number of benzene rings is 1. The van der Waals surface area contributed by atoms with E-state index in [1.807, 2.05) is 35.9 Å². The van der Waals surface area contributed by atoms with Crippen LogP contribution < -0.4 is 5.32 Å². The molecule has 1 heterocycles. The molecule has 1 aromatic heterocycles. The molecule has 0 radical (unpaired) electrons. The summed E-state index contributed by atoms with van der Waals surface area (Å²) in [6.45, 7) is 1.45. The molecule has 0 bridgehead atoms. The van der Waals surface area contributed by atoms with Gasteiger partial charge in [-0.2, -0.15) is 0 Å². The van der Waals surface area contributed by atoms with Crippen LogP contribution in [-0.2, 0) is 13.1 Å². The minimum atomic E-state index is 0.136. The zero-order valence-electron chi connectivity index (χ0n) is 8.77. The number of nitrogens with zero attached hydrogens (tertiary/aromatic N) is 2. The van der Waals surface area contributed by atoms with E-state index in [4.69, 9.17) is 5.11 Å². The van der Waals surface area contributed by atoms with Gasteiger partial charge in [0.15, 0.2) is 0 Å². The van der Waals surface area contributed by atoms with Gasteiger partial charge in [0, 0.05) is 6.54 Å². The Morgan fingerprint density at radius 3 is 2.93 bits per heavy atom. The molecule has 0 amide bonds. The first-order chi connectivity index (χ1) is 7.36.